The lowest BCUT2D eigenvalue weighted by Gasteiger charge is -2.13. The summed E-state index contributed by atoms with van der Waals surface area (Å²) in [5.41, 5.74) is 7.27. The molecule has 0 fully saturated rings. The Hall–Kier alpha value is -3.07. The van der Waals surface area contributed by atoms with Crippen LogP contribution in [0, 0.1) is 0 Å². The Morgan fingerprint density at radius 2 is 1.71 bits per heavy atom. The molecule has 0 saturated heterocycles. The van der Waals surface area contributed by atoms with Gasteiger partial charge in [-0.3, -0.25) is 4.99 Å². The lowest BCUT2D eigenvalue weighted by Crippen LogP contribution is -2.01. The molecule has 1 heterocycles. The van der Waals surface area contributed by atoms with Crippen molar-refractivity contribution < 1.29 is 4.74 Å². The molecule has 142 valence electrons. The van der Waals surface area contributed by atoms with Gasteiger partial charge in [0.05, 0.1) is 12.8 Å². The minimum absolute atomic E-state index is 0.207. The van der Waals surface area contributed by atoms with E-state index in [1.807, 2.05) is 18.3 Å². The van der Waals surface area contributed by atoms with Gasteiger partial charge in [0.1, 0.15) is 5.75 Å². The van der Waals surface area contributed by atoms with Crippen LogP contribution in [-0.2, 0) is 6.54 Å². The lowest BCUT2D eigenvalue weighted by atomic mass is 9.93. The van der Waals surface area contributed by atoms with Crippen LogP contribution in [0.3, 0.4) is 0 Å². The molecule has 1 atom stereocenters. The highest BCUT2D eigenvalue weighted by Gasteiger charge is 2.20. The SMILES string of the molecule is COc1ccc(C2C=Nc3cc(NCc4ccc(C(C)C)cc4)ccc32)cc1. The number of nitrogens with zero attached hydrogens (tertiary/aromatic N) is 1. The molecule has 3 nitrogen and oxygen atoms in total. The van der Waals surface area contributed by atoms with Gasteiger partial charge in [0.2, 0.25) is 0 Å². The summed E-state index contributed by atoms with van der Waals surface area (Å²) in [6, 6.07) is 23.5. The number of aliphatic imine (C=N–C) groups is 1. The number of rotatable bonds is 6. The van der Waals surface area contributed by atoms with Crippen LogP contribution in [0.2, 0.25) is 0 Å². The smallest absolute Gasteiger partial charge is 0.118 e. The average Bonchev–Trinajstić information content (AvgIpc) is 3.16. The molecule has 0 amide bonds. The zero-order chi connectivity index (χ0) is 19.5. The molecule has 0 spiro atoms. The van der Waals surface area contributed by atoms with Gasteiger partial charge in [-0.25, -0.2) is 0 Å². The number of anilines is 1. The summed E-state index contributed by atoms with van der Waals surface area (Å²) in [4.78, 5) is 4.65. The number of hydrogen-bond donors (Lipinski definition) is 1. The predicted molar refractivity (Wildman–Crippen MR) is 117 cm³/mol. The molecule has 1 aliphatic rings. The van der Waals surface area contributed by atoms with Gasteiger partial charge in [-0.05, 0) is 52.4 Å². The Morgan fingerprint density at radius 1 is 0.964 bits per heavy atom. The normalized spacial score (nSPS) is 14.9. The third-order valence-electron chi connectivity index (χ3n) is 5.35. The van der Waals surface area contributed by atoms with Crippen molar-refractivity contribution >= 4 is 17.6 Å². The predicted octanol–water partition coefficient (Wildman–Crippen LogP) is 6.28. The molecule has 1 N–H and O–H groups in total. The minimum Gasteiger partial charge on any atom is -0.497 e. The van der Waals surface area contributed by atoms with Gasteiger partial charge in [0, 0.05) is 24.4 Å². The number of benzene rings is 3. The molecule has 3 aromatic carbocycles. The van der Waals surface area contributed by atoms with Crippen LogP contribution in [0.4, 0.5) is 11.4 Å². The molecule has 3 heteroatoms. The molecule has 4 rings (SSSR count). The summed E-state index contributed by atoms with van der Waals surface area (Å²) in [7, 11) is 1.69. The van der Waals surface area contributed by atoms with Gasteiger partial charge in [-0.2, -0.15) is 0 Å². The summed E-state index contributed by atoms with van der Waals surface area (Å²) in [5.74, 6) is 1.65. The van der Waals surface area contributed by atoms with Crippen LogP contribution < -0.4 is 10.1 Å². The van der Waals surface area contributed by atoms with Crippen LogP contribution in [0.25, 0.3) is 0 Å². The first-order valence-electron chi connectivity index (χ1n) is 9.79. The van der Waals surface area contributed by atoms with Crippen LogP contribution in [0.15, 0.2) is 71.7 Å². The first-order chi connectivity index (χ1) is 13.6. The Labute approximate surface area is 167 Å². The molecule has 0 aromatic heterocycles. The molecule has 0 radical (unpaired) electrons. The molecular formula is C25H26N2O. The number of methoxy groups -OCH3 is 1. The largest absolute Gasteiger partial charge is 0.497 e. The average molecular weight is 370 g/mol. The monoisotopic (exact) mass is 370 g/mol. The first kappa shape index (κ1) is 18.3. The standard InChI is InChI=1S/C25H26N2O/c1-17(2)19-6-4-18(5-7-19)15-26-21-10-13-23-24(16-27-25(23)14-21)20-8-11-22(28-3)12-9-20/h4-14,16-17,24,26H,15H2,1-3H3. The van der Waals surface area contributed by atoms with Crippen LogP contribution in [0.5, 0.6) is 5.75 Å². The van der Waals surface area contributed by atoms with E-state index in [9.17, 15) is 0 Å². The molecule has 1 aliphatic heterocycles. The molecule has 0 saturated carbocycles. The second kappa shape index (κ2) is 7.89. The molecule has 0 bridgehead atoms. The summed E-state index contributed by atoms with van der Waals surface area (Å²) in [6.07, 6.45) is 2.03. The zero-order valence-electron chi connectivity index (χ0n) is 16.6. The van der Waals surface area contributed by atoms with Gasteiger partial charge in [0.15, 0.2) is 0 Å². The van der Waals surface area contributed by atoms with E-state index < -0.39 is 0 Å². The van der Waals surface area contributed by atoms with E-state index in [0.717, 1.165) is 23.7 Å². The molecule has 3 aromatic rings. The van der Waals surface area contributed by atoms with Crippen molar-refractivity contribution in [3.8, 4) is 5.75 Å². The van der Waals surface area contributed by atoms with Crippen LogP contribution in [0.1, 0.15) is 47.9 Å². The van der Waals surface area contributed by atoms with Gasteiger partial charge < -0.3 is 10.1 Å². The molecular weight excluding hydrogens is 344 g/mol. The Balaban J connectivity index is 1.45. The minimum atomic E-state index is 0.207. The van der Waals surface area contributed by atoms with Crippen LogP contribution >= 0.6 is 0 Å². The van der Waals surface area contributed by atoms with E-state index in [-0.39, 0.29) is 5.92 Å². The second-order valence-corrected chi connectivity index (χ2v) is 7.55. The highest BCUT2D eigenvalue weighted by molar-refractivity contribution is 5.85. The zero-order valence-corrected chi connectivity index (χ0v) is 16.6. The fraction of sp³-hybridized carbons (Fsp3) is 0.240. The number of fused-ring (bicyclic) bond motifs is 1. The maximum Gasteiger partial charge on any atom is 0.118 e. The van der Waals surface area contributed by atoms with E-state index in [2.05, 4.69) is 78.8 Å². The summed E-state index contributed by atoms with van der Waals surface area (Å²) in [5, 5.41) is 3.52. The van der Waals surface area contributed by atoms with Crippen molar-refractivity contribution in [1.29, 1.82) is 0 Å². The highest BCUT2D eigenvalue weighted by atomic mass is 16.5. The topological polar surface area (TPSA) is 33.6 Å². The summed E-state index contributed by atoms with van der Waals surface area (Å²) in [6.45, 7) is 5.25. The fourth-order valence-electron chi connectivity index (χ4n) is 3.56. The number of hydrogen-bond acceptors (Lipinski definition) is 3. The van der Waals surface area contributed by atoms with E-state index in [1.165, 1.54) is 22.3 Å². The quantitative estimate of drug-likeness (QED) is 0.554. The molecule has 28 heavy (non-hydrogen) atoms. The third kappa shape index (κ3) is 3.79. The van der Waals surface area contributed by atoms with Crippen molar-refractivity contribution in [2.45, 2.75) is 32.2 Å². The summed E-state index contributed by atoms with van der Waals surface area (Å²) < 4.78 is 5.26. The van der Waals surface area contributed by atoms with Crippen molar-refractivity contribution in [3.63, 3.8) is 0 Å². The second-order valence-electron chi connectivity index (χ2n) is 7.55. The van der Waals surface area contributed by atoms with Crippen molar-refractivity contribution in [3.05, 3.63) is 89.0 Å². The van der Waals surface area contributed by atoms with E-state index in [4.69, 9.17) is 4.74 Å². The Bertz CT molecular complexity index is 972. The van der Waals surface area contributed by atoms with E-state index >= 15 is 0 Å². The Morgan fingerprint density at radius 3 is 2.39 bits per heavy atom. The highest BCUT2D eigenvalue weighted by Crippen LogP contribution is 2.38. The number of ether oxygens (including phenoxy) is 1. The van der Waals surface area contributed by atoms with Crippen molar-refractivity contribution in [2.75, 3.05) is 12.4 Å². The summed E-state index contributed by atoms with van der Waals surface area (Å²) >= 11 is 0. The van der Waals surface area contributed by atoms with E-state index in [1.54, 1.807) is 7.11 Å². The Kier molecular flexibility index (Phi) is 5.16. The third-order valence-corrected chi connectivity index (χ3v) is 5.35. The van der Waals surface area contributed by atoms with E-state index in [0.29, 0.717) is 5.92 Å². The number of nitrogens with one attached hydrogen (secondary N) is 1. The maximum absolute atomic E-state index is 5.26. The molecule has 0 aliphatic carbocycles. The van der Waals surface area contributed by atoms with Crippen molar-refractivity contribution in [2.24, 2.45) is 4.99 Å². The fourth-order valence-corrected chi connectivity index (χ4v) is 3.56. The molecule has 1 unspecified atom stereocenters. The van der Waals surface area contributed by atoms with Gasteiger partial charge >= 0.3 is 0 Å². The van der Waals surface area contributed by atoms with Gasteiger partial charge in [-0.1, -0.05) is 56.3 Å². The van der Waals surface area contributed by atoms with Crippen molar-refractivity contribution in [1.82, 2.24) is 0 Å². The lowest BCUT2D eigenvalue weighted by molar-refractivity contribution is 0.414. The van der Waals surface area contributed by atoms with Gasteiger partial charge in [0.25, 0.3) is 0 Å². The first-order valence-corrected chi connectivity index (χ1v) is 9.79. The maximum atomic E-state index is 5.26. The van der Waals surface area contributed by atoms with Crippen LogP contribution in [-0.4, -0.2) is 13.3 Å². The van der Waals surface area contributed by atoms with Gasteiger partial charge in [-0.15, -0.1) is 0 Å².